The van der Waals surface area contributed by atoms with Crippen molar-refractivity contribution in [2.75, 3.05) is 0 Å². The molecule has 3 N–H and O–H groups in total. The van der Waals surface area contributed by atoms with Crippen molar-refractivity contribution in [2.45, 2.75) is 26.3 Å². The van der Waals surface area contributed by atoms with Crippen LogP contribution in [0, 0.1) is 5.92 Å². The van der Waals surface area contributed by atoms with Crippen molar-refractivity contribution in [1.29, 1.82) is 0 Å². The number of hydrogen-bond acceptors (Lipinski definition) is 4. The Kier molecular flexibility index (Phi) is 3.98. The van der Waals surface area contributed by atoms with Crippen LogP contribution in [-0.4, -0.2) is 38.2 Å². The van der Waals surface area contributed by atoms with Gasteiger partial charge in [0.2, 0.25) is 5.82 Å². The molecule has 7 heteroatoms. The van der Waals surface area contributed by atoms with Crippen LogP contribution >= 0.6 is 0 Å². The maximum absolute atomic E-state index is 11.5. The van der Waals surface area contributed by atoms with Gasteiger partial charge < -0.3 is 10.4 Å². The zero-order valence-electron chi connectivity index (χ0n) is 9.10. The van der Waals surface area contributed by atoms with Crippen LogP contribution in [0.3, 0.4) is 0 Å². The van der Waals surface area contributed by atoms with E-state index in [-0.39, 0.29) is 11.7 Å². The van der Waals surface area contributed by atoms with Crippen molar-refractivity contribution in [3.63, 3.8) is 0 Å². The smallest absolute Gasteiger partial charge is 0.326 e. The van der Waals surface area contributed by atoms with Crippen molar-refractivity contribution in [1.82, 2.24) is 20.5 Å². The Bertz CT molecular complexity index is 361. The number of carbonyl (C=O) groups excluding carboxylic acids is 1. The fourth-order valence-corrected chi connectivity index (χ4v) is 1.23. The fraction of sp³-hybridized carbons (Fsp3) is 0.556. The standard InChI is InChI=1S/C9H14N4O3/c1-5(2)3-6(9(15)16)12-8(14)7-10-4-11-13-7/h4-6H,3H2,1-2H3,(H,12,14)(H,15,16)(H,10,11,13)/t6-/m1/s1. The summed E-state index contributed by atoms with van der Waals surface area (Å²) in [4.78, 5) is 26.0. The van der Waals surface area contributed by atoms with Crippen LogP contribution in [0.15, 0.2) is 6.33 Å². The predicted molar refractivity (Wildman–Crippen MR) is 54.7 cm³/mol. The molecular formula is C9H14N4O3. The van der Waals surface area contributed by atoms with Gasteiger partial charge in [-0.2, -0.15) is 5.10 Å². The first-order valence-corrected chi connectivity index (χ1v) is 4.89. The lowest BCUT2D eigenvalue weighted by atomic mass is 10.0. The number of aromatic amines is 1. The van der Waals surface area contributed by atoms with Gasteiger partial charge in [0.05, 0.1) is 0 Å². The van der Waals surface area contributed by atoms with Crippen LogP contribution in [0.4, 0.5) is 0 Å². The molecule has 0 aliphatic rings. The lowest BCUT2D eigenvalue weighted by Gasteiger charge is -2.15. The van der Waals surface area contributed by atoms with Gasteiger partial charge in [-0.3, -0.25) is 9.89 Å². The largest absolute Gasteiger partial charge is 0.480 e. The molecule has 0 saturated carbocycles. The number of carboxylic acid groups (broad SMARTS) is 1. The monoisotopic (exact) mass is 226 g/mol. The summed E-state index contributed by atoms with van der Waals surface area (Å²) in [7, 11) is 0. The molecule has 0 bridgehead atoms. The number of nitrogens with zero attached hydrogens (tertiary/aromatic N) is 2. The molecule has 0 spiro atoms. The summed E-state index contributed by atoms with van der Waals surface area (Å²) in [6, 6.07) is -0.905. The summed E-state index contributed by atoms with van der Waals surface area (Å²) >= 11 is 0. The Morgan fingerprint density at radius 2 is 2.25 bits per heavy atom. The molecular weight excluding hydrogens is 212 g/mol. The van der Waals surface area contributed by atoms with Gasteiger partial charge in [-0.05, 0) is 12.3 Å². The molecule has 1 atom stereocenters. The Hall–Kier alpha value is -1.92. The van der Waals surface area contributed by atoms with Crippen LogP contribution < -0.4 is 5.32 Å². The normalized spacial score (nSPS) is 12.4. The minimum Gasteiger partial charge on any atom is -0.480 e. The first-order chi connectivity index (χ1) is 7.50. The maximum atomic E-state index is 11.5. The highest BCUT2D eigenvalue weighted by Crippen LogP contribution is 2.05. The highest BCUT2D eigenvalue weighted by Gasteiger charge is 2.22. The number of amides is 1. The van der Waals surface area contributed by atoms with E-state index in [1.807, 2.05) is 13.8 Å². The lowest BCUT2D eigenvalue weighted by Crippen LogP contribution is -2.42. The van der Waals surface area contributed by atoms with E-state index in [1.54, 1.807) is 0 Å². The second-order valence-electron chi connectivity index (χ2n) is 3.83. The second kappa shape index (κ2) is 5.24. The number of aromatic nitrogens is 3. The van der Waals surface area contributed by atoms with E-state index in [0.29, 0.717) is 6.42 Å². The molecule has 0 aromatic carbocycles. The van der Waals surface area contributed by atoms with Crippen LogP contribution in [0.1, 0.15) is 30.9 Å². The number of rotatable bonds is 5. The van der Waals surface area contributed by atoms with Gasteiger partial charge in [0.25, 0.3) is 5.91 Å². The quantitative estimate of drug-likeness (QED) is 0.656. The molecule has 1 heterocycles. The van der Waals surface area contributed by atoms with Crippen molar-refractivity contribution in [2.24, 2.45) is 5.92 Å². The van der Waals surface area contributed by atoms with E-state index in [9.17, 15) is 9.59 Å². The van der Waals surface area contributed by atoms with Crippen LogP contribution in [-0.2, 0) is 4.79 Å². The average molecular weight is 226 g/mol. The summed E-state index contributed by atoms with van der Waals surface area (Å²) in [6.45, 7) is 3.77. The topological polar surface area (TPSA) is 108 Å². The molecule has 0 fully saturated rings. The number of carboxylic acids is 1. The van der Waals surface area contributed by atoms with Gasteiger partial charge in [0.1, 0.15) is 12.4 Å². The Balaban J connectivity index is 2.62. The van der Waals surface area contributed by atoms with E-state index in [0.717, 1.165) is 0 Å². The summed E-state index contributed by atoms with van der Waals surface area (Å²) < 4.78 is 0. The first-order valence-electron chi connectivity index (χ1n) is 4.89. The summed E-state index contributed by atoms with van der Waals surface area (Å²) in [5.41, 5.74) is 0. The van der Waals surface area contributed by atoms with Gasteiger partial charge in [-0.15, -0.1) is 0 Å². The first kappa shape index (κ1) is 12.2. The third kappa shape index (κ3) is 3.34. The van der Waals surface area contributed by atoms with Gasteiger partial charge in [-0.1, -0.05) is 13.8 Å². The highest BCUT2D eigenvalue weighted by atomic mass is 16.4. The molecule has 1 aromatic rings. The molecule has 0 saturated heterocycles. The molecule has 0 aliphatic carbocycles. The molecule has 0 radical (unpaired) electrons. The van der Waals surface area contributed by atoms with E-state index in [1.165, 1.54) is 6.33 Å². The number of aliphatic carboxylic acids is 1. The molecule has 0 unspecified atom stereocenters. The lowest BCUT2D eigenvalue weighted by molar-refractivity contribution is -0.139. The number of carbonyl (C=O) groups is 2. The zero-order valence-corrected chi connectivity index (χ0v) is 9.10. The minimum absolute atomic E-state index is 0.00926. The van der Waals surface area contributed by atoms with Gasteiger partial charge >= 0.3 is 5.97 Å². The third-order valence-corrected chi connectivity index (χ3v) is 1.94. The number of hydrogen-bond donors (Lipinski definition) is 3. The second-order valence-corrected chi connectivity index (χ2v) is 3.83. The van der Waals surface area contributed by atoms with E-state index < -0.39 is 17.9 Å². The molecule has 16 heavy (non-hydrogen) atoms. The highest BCUT2D eigenvalue weighted by molar-refractivity contribution is 5.93. The average Bonchev–Trinajstić information content (AvgIpc) is 2.68. The molecule has 88 valence electrons. The summed E-state index contributed by atoms with van der Waals surface area (Å²) in [5.74, 6) is -1.43. The molecule has 1 aromatic heterocycles. The fourth-order valence-electron chi connectivity index (χ4n) is 1.23. The van der Waals surface area contributed by atoms with E-state index >= 15 is 0 Å². The van der Waals surface area contributed by atoms with Crippen molar-refractivity contribution >= 4 is 11.9 Å². The molecule has 0 aliphatic heterocycles. The van der Waals surface area contributed by atoms with Gasteiger partial charge in [-0.25, -0.2) is 9.78 Å². The minimum atomic E-state index is -1.05. The predicted octanol–water partition coefficient (Wildman–Crippen LogP) is 0.0338. The van der Waals surface area contributed by atoms with E-state index in [4.69, 9.17) is 5.11 Å². The van der Waals surface area contributed by atoms with Crippen molar-refractivity contribution in [3.8, 4) is 0 Å². The number of nitrogens with one attached hydrogen (secondary N) is 2. The van der Waals surface area contributed by atoms with Crippen LogP contribution in [0.25, 0.3) is 0 Å². The SMILES string of the molecule is CC(C)C[C@@H](NC(=O)c1ncn[nH]1)C(=O)O. The molecule has 1 rings (SSSR count). The molecule has 7 nitrogen and oxygen atoms in total. The molecule has 1 amide bonds. The Labute approximate surface area is 92.3 Å². The Morgan fingerprint density at radius 1 is 1.56 bits per heavy atom. The number of H-pyrrole nitrogens is 1. The summed E-state index contributed by atoms with van der Waals surface area (Å²) in [6.07, 6.45) is 1.56. The van der Waals surface area contributed by atoms with Gasteiger partial charge in [0, 0.05) is 0 Å². The van der Waals surface area contributed by atoms with E-state index in [2.05, 4.69) is 20.5 Å². The summed E-state index contributed by atoms with van der Waals surface area (Å²) in [5, 5.41) is 17.2. The zero-order chi connectivity index (χ0) is 12.1. The maximum Gasteiger partial charge on any atom is 0.326 e. The van der Waals surface area contributed by atoms with Crippen LogP contribution in [0.2, 0.25) is 0 Å². The van der Waals surface area contributed by atoms with Crippen LogP contribution in [0.5, 0.6) is 0 Å². The van der Waals surface area contributed by atoms with Crippen molar-refractivity contribution < 1.29 is 14.7 Å². The third-order valence-electron chi connectivity index (χ3n) is 1.94. The van der Waals surface area contributed by atoms with Gasteiger partial charge in [0.15, 0.2) is 0 Å². The Morgan fingerprint density at radius 3 is 2.69 bits per heavy atom. The van der Waals surface area contributed by atoms with Crippen molar-refractivity contribution in [3.05, 3.63) is 12.2 Å².